The summed E-state index contributed by atoms with van der Waals surface area (Å²) in [5.41, 5.74) is 2.21. The zero-order chi connectivity index (χ0) is 15.6. The number of carbonyl (C=O) groups is 1. The molecule has 0 amide bonds. The van der Waals surface area contributed by atoms with Crippen LogP contribution in [0, 0.1) is 5.92 Å². The molecule has 2 rings (SSSR count). The van der Waals surface area contributed by atoms with E-state index in [2.05, 4.69) is 0 Å². The number of carbonyl (C=O) groups excluding carboxylic acids is 1. The number of rotatable bonds is 9. The Labute approximate surface area is 131 Å². The number of ether oxygens (including phenoxy) is 2. The van der Waals surface area contributed by atoms with E-state index in [1.165, 1.54) is 0 Å². The molecule has 0 heterocycles. The van der Waals surface area contributed by atoms with Gasteiger partial charge in [-0.05, 0) is 11.1 Å². The number of aldehydes is 1. The third kappa shape index (κ3) is 5.43. The van der Waals surface area contributed by atoms with Crippen molar-refractivity contribution in [1.82, 2.24) is 0 Å². The molecule has 0 N–H and O–H groups in total. The molecule has 0 spiro atoms. The first kappa shape index (κ1) is 16.4. The van der Waals surface area contributed by atoms with Crippen molar-refractivity contribution in [3.05, 3.63) is 71.8 Å². The molecule has 0 fully saturated rings. The highest BCUT2D eigenvalue weighted by atomic mass is 16.5. The Morgan fingerprint density at radius 1 is 0.909 bits per heavy atom. The number of benzene rings is 2. The van der Waals surface area contributed by atoms with Crippen molar-refractivity contribution in [2.24, 2.45) is 5.92 Å². The SMILES string of the molecule is C[C@H](C=O)[C@@H](COCc1ccccc1)OCc1ccccc1. The molecule has 3 heteroatoms. The van der Waals surface area contributed by atoms with E-state index in [0.29, 0.717) is 19.8 Å². The van der Waals surface area contributed by atoms with Gasteiger partial charge >= 0.3 is 0 Å². The molecule has 3 nitrogen and oxygen atoms in total. The number of hydrogen-bond acceptors (Lipinski definition) is 3. The third-order valence-electron chi connectivity index (χ3n) is 3.50. The molecule has 2 aromatic rings. The van der Waals surface area contributed by atoms with Crippen LogP contribution in [0.4, 0.5) is 0 Å². The first-order chi connectivity index (χ1) is 10.8. The predicted molar refractivity (Wildman–Crippen MR) is 86.3 cm³/mol. The van der Waals surface area contributed by atoms with E-state index in [1.54, 1.807) is 0 Å². The molecule has 0 aliphatic carbocycles. The molecular weight excluding hydrogens is 276 g/mol. The molecule has 2 aromatic carbocycles. The second kappa shape index (κ2) is 9.13. The summed E-state index contributed by atoms with van der Waals surface area (Å²) in [6.07, 6.45) is 0.683. The summed E-state index contributed by atoms with van der Waals surface area (Å²) in [5, 5.41) is 0. The van der Waals surface area contributed by atoms with Gasteiger partial charge in [0.15, 0.2) is 0 Å². The maximum Gasteiger partial charge on any atom is 0.125 e. The Bertz CT molecular complexity index is 539. The van der Waals surface area contributed by atoms with E-state index in [-0.39, 0.29) is 12.0 Å². The second-order valence-electron chi connectivity index (χ2n) is 5.33. The van der Waals surface area contributed by atoms with Crippen molar-refractivity contribution >= 4 is 6.29 Å². The monoisotopic (exact) mass is 298 g/mol. The summed E-state index contributed by atoms with van der Waals surface area (Å²) in [6.45, 7) is 3.27. The second-order valence-corrected chi connectivity index (χ2v) is 5.33. The van der Waals surface area contributed by atoms with Gasteiger partial charge in [0.1, 0.15) is 6.29 Å². The van der Waals surface area contributed by atoms with Gasteiger partial charge in [-0.2, -0.15) is 0 Å². The molecule has 0 radical (unpaired) electrons. The third-order valence-corrected chi connectivity index (χ3v) is 3.50. The summed E-state index contributed by atoms with van der Waals surface area (Å²) in [7, 11) is 0. The molecule has 2 atom stereocenters. The van der Waals surface area contributed by atoms with Crippen LogP contribution in [0.5, 0.6) is 0 Å². The summed E-state index contributed by atoms with van der Waals surface area (Å²) in [5.74, 6) is -0.195. The average Bonchev–Trinajstić information content (AvgIpc) is 2.59. The fourth-order valence-corrected chi connectivity index (χ4v) is 2.08. The van der Waals surface area contributed by atoms with Crippen LogP contribution in [-0.4, -0.2) is 19.0 Å². The maximum atomic E-state index is 11.1. The summed E-state index contributed by atoms with van der Waals surface area (Å²) < 4.78 is 11.6. The lowest BCUT2D eigenvalue weighted by Gasteiger charge is -2.21. The zero-order valence-electron chi connectivity index (χ0n) is 12.9. The van der Waals surface area contributed by atoms with E-state index in [0.717, 1.165) is 17.4 Å². The molecule has 0 aliphatic heterocycles. The van der Waals surface area contributed by atoms with Crippen molar-refractivity contribution < 1.29 is 14.3 Å². The lowest BCUT2D eigenvalue weighted by molar-refractivity contribution is -0.119. The van der Waals surface area contributed by atoms with Crippen LogP contribution in [0.25, 0.3) is 0 Å². The Hall–Kier alpha value is -1.97. The van der Waals surface area contributed by atoms with Crippen LogP contribution in [0.3, 0.4) is 0 Å². The van der Waals surface area contributed by atoms with E-state index >= 15 is 0 Å². The molecule has 0 bridgehead atoms. The van der Waals surface area contributed by atoms with Crippen LogP contribution >= 0.6 is 0 Å². The summed E-state index contributed by atoms with van der Waals surface area (Å²) in [4.78, 5) is 11.1. The van der Waals surface area contributed by atoms with Gasteiger partial charge < -0.3 is 14.3 Å². The van der Waals surface area contributed by atoms with Gasteiger partial charge in [0.05, 0.1) is 25.9 Å². The van der Waals surface area contributed by atoms with Gasteiger partial charge in [-0.3, -0.25) is 0 Å². The molecule has 22 heavy (non-hydrogen) atoms. The molecule has 116 valence electrons. The minimum absolute atomic E-state index is 0.195. The maximum absolute atomic E-state index is 11.1. The van der Waals surface area contributed by atoms with Crippen molar-refractivity contribution in [3.63, 3.8) is 0 Å². The molecule has 0 aliphatic rings. The molecular formula is C19H22O3. The van der Waals surface area contributed by atoms with E-state index < -0.39 is 0 Å². The Morgan fingerprint density at radius 2 is 1.45 bits per heavy atom. The average molecular weight is 298 g/mol. The highest BCUT2D eigenvalue weighted by Gasteiger charge is 2.18. The predicted octanol–water partition coefficient (Wildman–Crippen LogP) is 3.62. The van der Waals surface area contributed by atoms with E-state index in [1.807, 2.05) is 67.6 Å². The van der Waals surface area contributed by atoms with Crippen molar-refractivity contribution in [2.75, 3.05) is 6.61 Å². The van der Waals surface area contributed by atoms with Crippen LogP contribution in [0.15, 0.2) is 60.7 Å². The van der Waals surface area contributed by atoms with E-state index in [4.69, 9.17) is 9.47 Å². The minimum Gasteiger partial charge on any atom is -0.374 e. The van der Waals surface area contributed by atoms with Gasteiger partial charge in [-0.15, -0.1) is 0 Å². The fraction of sp³-hybridized carbons (Fsp3) is 0.316. The Kier molecular flexibility index (Phi) is 6.81. The Morgan fingerprint density at radius 3 is 2.00 bits per heavy atom. The van der Waals surface area contributed by atoms with Gasteiger partial charge in [0, 0.05) is 5.92 Å². The van der Waals surface area contributed by atoms with E-state index in [9.17, 15) is 4.79 Å². The topological polar surface area (TPSA) is 35.5 Å². The lowest BCUT2D eigenvalue weighted by Crippen LogP contribution is -2.28. The largest absolute Gasteiger partial charge is 0.374 e. The standard InChI is InChI=1S/C19H22O3/c1-16(12-20)19(22-14-18-10-6-3-7-11-18)15-21-13-17-8-4-2-5-9-17/h2-12,16,19H,13-15H2,1H3/t16-,19-/m1/s1. The molecule has 0 saturated carbocycles. The van der Waals surface area contributed by atoms with Gasteiger partial charge in [0.2, 0.25) is 0 Å². The minimum atomic E-state index is -0.235. The summed E-state index contributed by atoms with van der Waals surface area (Å²) in [6, 6.07) is 19.9. The van der Waals surface area contributed by atoms with Gasteiger partial charge in [-0.1, -0.05) is 67.6 Å². The normalized spacial score (nSPS) is 13.5. The van der Waals surface area contributed by atoms with Crippen LogP contribution < -0.4 is 0 Å². The smallest absolute Gasteiger partial charge is 0.125 e. The molecule has 0 saturated heterocycles. The quantitative estimate of drug-likeness (QED) is 0.663. The van der Waals surface area contributed by atoms with Crippen LogP contribution in [0.2, 0.25) is 0 Å². The van der Waals surface area contributed by atoms with Crippen LogP contribution in [0.1, 0.15) is 18.1 Å². The van der Waals surface area contributed by atoms with Gasteiger partial charge in [0.25, 0.3) is 0 Å². The first-order valence-corrected chi connectivity index (χ1v) is 7.52. The van der Waals surface area contributed by atoms with Gasteiger partial charge in [-0.25, -0.2) is 0 Å². The first-order valence-electron chi connectivity index (χ1n) is 7.52. The van der Waals surface area contributed by atoms with Crippen LogP contribution in [-0.2, 0) is 27.5 Å². The lowest BCUT2D eigenvalue weighted by atomic mass is 10.1. The highest BCUT2D eigenvalue weighted by Crippen LogP contribution is 2.11. The zero-order valence-corrected chi connectivity index (χ0v) is 12.9. The fourth-order valence-electron chi connectivity index (χ4n) is 2.08. The van der Waals surface area contributed by atoms with Crippen molar-refractivity contribution in [1.29, 1.82) is 0 Å². The highest BCUT2D eigenvalue weighted by molar-refractivity contribution is 5.53. The molecule has 0 aromatic heterocycles. The van der Waals surface area contributed by atoms with Crippen molar-refractivity contribution in [3.8, 4) is 0 Å². The van der Waals surface area contributed by atoms with Crippen molar-refractivity contribution in [2.45, 2.75) is 26.2 Å². The summed E-state index contributed by atoms with van der Waals surface area (Å²) >= 11 is 0. The number of hydrogen-bond donors (Lipinski definition) is 0. The Balaban J connectivity index is 1.82. The molecule has 0 unspecified atom stereocenters.